The number of nitrogens with zero attached hydrogens (tertiary/aromatic N) is 6. The van der Waals surface area contributed by atoms with Crippen molar-refractivity contribution in [2.45, 2.75) is 35.0 Å². The molecule has 2 heterocycles. The van der Waals surface area contributed by atoms with Crippen LogP contribution in [0.25, 0.3) is 0 Å². The predicted molar refractivity (Wildman–Crippen MR) is 247 cm³/mol. The Morgan fingerprint density at radius 2 is 0.817 bits per heavy atom. The van der Waals surface area contributed by atoms with E-state index in [2.05, 4.69) is 83.1 Å². The van der Waals surface area contributed by atoms with Crippen LogP contribution in [0.3, 0.4) is 0 Å². The zero-order valence-electron chi connectivity index (χ0n) is 33.0. The van der Waals surface area contributed by atoms with Gasteiger partial charge in [0.15, 0.2) is 15.8 Å². The van der Waals surface area contributed by atoms with Crippen molar-refractivity contribution in [1.82, 2.24) is 30.0 Å². The summed E-state index contributed by atoms with van der Waals surface area (Å²) in [5.41, 5.74) is 5.15. The van der Waals surface area contributed by atoms with Crippen LogP contribution >= 0.6 is 47.0 Å². The first-order valence-electron chi connectivity index (χ1n) is 19.1. The number of rotatable bonds is 14. The average molecular weight is 863 g/mol. The van der Waals surface area contributed by atoms with Crippen LogP contribution in [0.5, 0.6) is 0 Å². The lowest BCUT2D eigenvalue weighted by molar-refractivity contribution is -0.109. The molecule has 0 N–H and O–H groups in total. The van der Waals surface area contributed by atoms with Crippen molar-refractivity contribution < 1.29 is 9.59 Å². The molecule has 0 amide bonds. The van der Waals surface area contributed by atoms with Crippen molar-refractivity contribution in [3.63, 3.8) is 0 Å². The van der Waals surface area contributed by atoms with Gasteiger partial charge in [-0.2, -0.15) is 9.90 Å². The quantitative estimate of drug-likeness (QED) is 0.0597. The topological polar surface area (TPSA) is 95.6 Å². The van der Waals surface area contributed by atoms with Crippen LogP contribution < -0.4 is 0 Å². The van der Waals surface area contributed by atoms with Crippen molar-refractivity contribution in [2.24, 2.45) is 0 Å². The number of carbonyl (C=O) groups excluding carboxylic acids is 2. The molecule has 0 aliphatic heterocycles. The highest BCUT2D eigenvalue weighted by Gasteiger charge is 2.41. The Morgan fingerprint density at radius 1 is 0.483 bits per heavy atom. The van der Waals surface area contributed by atoms with Crippen molar-refractivity contribution in [3.05, 3.63) is 228 Å². The second-order valence-electron chi connectivity index (χ2n) is 13.4. The van der Waals surface area contributed by atoms with E-state index in [4.69, 9.17) is 10.2 Å². The summed E-state index contributed by atoms with van der Waals surface area (Å²) in [6, 6.07) is 62.1. The number of thioether (sulfide) groups is 4. The fourth-order valence-electron chi connectivity index (χ4n) is 7.12. The summed E-state index contributed by atoms with van der Waals surface area (Å²) >= 11 is 5.60. The van der Waals surface area contributed by atoms with Gasteiger partial charge in [0.2, 0.25) is 0 Å². The minimum absolute atomic E-state index is 0.0992. The molecule has 0 radical (unpaired) electrons. The summed E-state index contributed by atoms with van der Waals surface area (Å²) in [6.07, 6.45) is 3.74. The average Bonchev–Trinajstić information content (AvgIpc) is 3.97. The van der Waals surface area contributed by atoms with Crippen LogP contribution in [-0.2, 0) is 20.7 Å². The van der Waals surface area contributed by atoms with Crippen molar-refractivity contribution >= 4 is 57.3 Å². The van der Waals surface area contributed by atoms with Gasteiger partial charge in [-0.1, -0.05) is 234 Å². The predicted octanol–water partition coefficient (Wildman–Crippen LogP) is 10.9. The lowest BCUT2D eigenvalue weighted by atomic mass is 9.77. The summed E-state index contributed by atoms with van der Waals surface area (Å²) in [7, 11) is 0. The zero-order valence-corrected chi connectivity index (χ0v) is 36.3. The standard InChI is InChI=1S/2C24H21N3OS2/c1-19(28)29-18-30-23-17-27(26-25-23)24(20-11-5-2-6-12-20,21-13-7-3-8-14-21)22-15-9-4-10-16-22;1-19(28)29-18-30-23-17-25-27(26-23)24(20-11-5-2-6-12-20,21-13-7-3-8-14-21)22-15-9-4-10-16-22/h2*2-17H,18H2,1H3. The smallest absolute Gasteiger partial charge is 0.186 e. The van der Waals surface area contributed by atoms with Crippen LogP contribution in [0.4, 0.5) is 0 Å². The second-order valence-corrected chi connectivity index (χ2v) is 18.4. The highest BCUT2D eigenvalue weighted by atomic mass is 32.2. The third-order valence-corrected chi connectivity index (χ3v) is 13.3. The van der Waals surface area contributed by atoms with E-state index in [1.165, 1.54) is 47.0 Å². The number of carbonyl (C=O) groups is 2. The second kappa shape index (κ2) is 20.5. The molecule has 0 unspecified atom stereocenters. The normalized spacial score (nSPS) is 11.4. The fourth-order valence-corrected chi connectivity index (χ4v) is 10.4. The lowest BCUT2D eigenvalue weighted by Gasteiger charge is -2.35. The molecular weight excluding hydrogens is 821 g/mol. The third-order valence-electron chi connectivity index (χ3n) is 9.67. The third kappa shape index (κ3) is 9.53. The monoisotopic (exact) mass is 862 g/mol. The molecular formula is C48H42N6O2S4. The maximum absolute atomic E-state index is 11.3. The molecule has 0 aliphatic carbocycles. The van der Waals surface area contributed by atoms with E-state index in [1.807, 2.05) is 120 Å². The molecule has 6 aromatic carbocycles. The first-order chi connectivity index (χ1) is 29.4. The highest BCUT2D eigenvalue weighted by Crippen LogP contribution is 2.42. The zero-order chi connectivity index (χ0) is 41.6. The molecule has 8 aromatic rings. The molecule has 12 heteroatoms. The molecule has 0 saturated heterocycles. The molecule has 300 valence electrons. The fraction of sp³-hybridized carbons (Fsp3) is 0.125. The minimum atomic E-state index is -0.712. The molecule has 60 heavy (non-hydrogen) atoms. The number of hydrogen-bond acceptors (Lipinski definition) is 10. The SMILES string of the molecule is CC(=O)SCSc1cn(C(c2ccccc2)(c2ccccc2)c2ccccc2)nn1.CC(=O)SCSc1cnn(C(c2ccccc2)(c2ccccc2)c2ccccc2)n1. The van der Waals surface area contributed by atoms with Gasteiger partial charge >= 0.3 is 0 Å². The van der Waals surface area contributed by atoms with Gasteiger partial charge in [0.25, 0.3) is 0 Å². The molecule has 0 aliphatic rings. The maximum atomic E-state index is 11.3. The Hall–Kier alpha value is -5.66. The summed E-state index contributed by atoms with van der Waals surface area (Å²) in [5, 5.41) is 21.5. The van der Waals surface area contributed by atoms with E-state index in [0.717, 1.165) is 43.4 Å². The van der Waals surface area contributed by atoms with Gasteiger partial charge in [-0.3, -0.25) is 9.59 Å². The van der Waals surface area contributed by atoms with Gasteiger partial charge in [-0.25, -0.2) is 4.68 Å². The maximum Gasteiger partial charge on any atom is 0.186 e. The minimum Gasteiger partial charge on any atom is -0.288 e. The molecule has 0 bridgehead atoms. The largest absolute Gasteiger partial charge is 0.288 e. The van der Waals surface area contributed by atoms with E-state index >= 15 is 0 Å². The summed E-state index contributed by atoms with van der Waals surface area (Å²) in [6.45, 7) is 3.15. The molecule has 8 rings (SSSR count). The van der Waals surface area contributed by atoms with Crippen molar-refractivity contribution in [1.29, 1.82) is 0 Å². The van der Waals surface area contributed by atoms with Gasteiger partial charge in [0, 0.05) is 13.8 Å². The summed E-state index contributed by atoms with van der Waals surface area (Å²) in [4.78, 5) is 24.3. The van der Waals surface area contributed by atoms with Crippen LogP contribution in [0.2, 0.25) is 0 Å². The van der Waals surface area contributed by atoms with Gasteiger partial charge in [-0.15, -0.1) is 10.2 Å². The Morgan fingerprint density at radius 3 is 1.17 bits per heavy atom. The van der Waals surface area contributed by atoms with E-state index < -0.39 is 11.1 Å². The summed E-state index contributed by atoms with van der Waals surface area (Å²) in [5.74, 6) is 0. The number of aromatic nitrogens is 6. The van der Waals surface area contributed by atoms with E-state index in [0.29, 0.717) is 10.2 Å². The molecule has 0 fully saturated rings. The Labute approximate surface area is 367 Å². The van der Waals surface area contributed by atoms with Crippen LogP contribution in [0, 0.1) is 0 Å². The van der Waals surface area contributed by atoms with Crippen LogP contribution in [-0.4, -0.2) is 50.4 Å². The molecule has 0 saturated carbocycles. The van der Waals surface area contributed by atoms with Crippen LogP contribution in [0.1, 0.15) is 47.2 Å². The van der Waals surface area contributed by atoms with Crippen LogP contribution in [0.15, 0.2) is 204 Å². The summed E-state index contributed by atoms with van der Waals surface area (Å²) < 4.78 is 1.94. The number of hydrogen-bond donors (Lipinski definition) is 0. The molecule has 0 spiro atoms. The first-order valence-corrected chi connectivity index (χ1v) is 23.1. The molecule has 8 nitrogen and oxygen atoms in total. The first kappa shape index (κ1) is 42.5. The Bertz CT molecular complexity index is 2190. The van der Waals surface area contributed by atoms with Gasteiger partial charge in [0.1, 0.15) is 15.6 Å². The highest BCUT2D eigenvalue weighted by molar-refractivity contribution is 8.24. The van der Waals surface area contributed by atoms with Gasteiger partial charge in [0.05, 0.1) is 22.6 Å². The molecule has 2 aromatic heterocycles. The van der Waals surface area contributed by atoms with Gasteiger partial charge in [-0.05, 0) is 33.4 Å². The Kier molecular flexibility index (Phi) is 14.5. The van der Waals surface area contributed by atoms with Crippen molar-refractivity contribution in [2.75, 3.05) is 10.2 Å². The Balaban J connectivity index is 0.000000181. The lowest BCUT2D eigenvalue weighted by Crippen LogP contribution is -2.39. The molecule has 0 atom stereocenters. The van der Waals surface area contributed by atoms with Crippen molar-refractivity contribution in [3.8, 4) is 0 Å². The number of benzene rings is 6. The van der Waals surface area contributed by atoms with E-state index in [9.17, 15) is 9.59 Å². The van der Waals surface area contributed by atoms with Gasteiger partial charge < -0.3 is 0 Å². The van der Waals surface area contributed by atoms with E-state index in [-0.39, 0.29) is 10.2 Å². The van der Waals surface area contributed by atoms with E-state index in [1.54, 1.807) is 24.8 Å².